The SMILES string of the molecule is C=C(CCl)c1cnc(C(C)C)s1. The highest BCUT2D eigenvalue weighted by molar-refractivity contribution is 7.12. The van der Waals surface area contributed by atoms with Crippen molar-refractivity contribution in [2.75, 3.05) is 5.88 Å². The Bertz CT molecular complexity index is 278. The topological polar surface area (TPSA) is 12.9 Å². The Hall–Kier alpha value is -0.340. The zero-order valence-electron chi connectivity index (χ0n) is 7.30. The number of hydrogen-bond donors (Lipinski definition) is 0. The number of hydrogen-bond acceptors (Lipinski definition) is 2. The Labute approximate surface area is 82.1 Å². The van der Waals surface area contributed by atoms with Crippen LogP contribution in [-0.2, 0) is 0 Å². The van der Waals surface area contributed by atoms with E-state index >= 15 is 0 Å². The van der Waals surface area contributed by atoms with Gasteiger partial charge in [-0.05, 0) is 5.57 Å². The van der Waals surface area contributed by atoms with Crippen LogP contribution in [0.3, 0.4) is 0 Å². The van der Waals surface area contributed by atoms with Crippen LogP contribution in [-0.4, -0.2) is 10.9 Å². The molecule has 0 bridgehead atoms. The van der Waals surface area contributed by atoms with Crippen molar-refractivity contribution in [1.82, 2.24) is 4.98 Å². The Morgan fingerprint density at radius 2 is 2.42 bits per heavy atom. The van der Waals surface area contributed by atoms with Crippen LogP contribution in [0.15, 0.2) is 12.8 Å². The first kappa shape index (κ1) is 9.75. The minimum atomic E-state index is 0.486. The van der Waals surface area contributed by atoms with Gasteiger partial charge in [0.15, 0.2) is 0 Å². The molecule has 0 amide bonds. The van der Waals surface area contributed by atoms with Crippen LogP contribution in [0.25, 0.3) is 5.57 Å². The van der Waals surface area contributed by atoms with Crippen LogP contribution in [0.1, 0.15) is 29.7 Å². The van der Waals surface area contributed by atoms with Crippen LogP contribution < -0.4 is 0 Å². The Balaban J connectivity index is 2.84. The molecule has 0 radical (unpaired) electrons. The number of alkyl halides is 1. The van der Waals surface area contributed by atoms with Crippen molar-refractivity contribution in [1.29, 1.82) is 0 Å². The van der Waals surface area contributed by atoms with Gasteiger partial charge in [-0.25, -0.2) is 4.98 Å². The lowest BCUT2D eigenvalue weighted by Gasteiger charge is -1.96. The first-order valence-corrected chi connectivity index (χ1v) is 5.20. The number of rotatable bonds is 3. The highest BCUT2D eigenvalue weighted by Crippen LogP contribution is 2.25. The number of halogens is 1. The van der Waals surface area contributed by atoms with Crippen LogP contribution in [0.2, 0.25) is 0 Å². The monoisotopic (exact) mass is 201 g/mol. The maximum atomic E-state index is 5.65. The van der Waals surface area contributed by atoms with Crippen molar-refractivity contribution in [3.05, 3.63) is 22.7 Å². The third kappa shape index (κ3) is 2.08. The molecule has 0 aliphatic rings. The molecule has 0 atom stereocenters. The van der Waals surface area contributed by atoms with Gasteiger partial charge in [-0.15, -0.1) is 22.9 Å². The highest BCUT2D eigenvalue weighted by Gasteiger charge is 2.06. The van der Waals surface area contributed by atoms with Gasteiger partial charge in [0.2, 0.25) is 0 Å². The van der Waals surface area contributed by atoms with E-state index in [2.05, 4.69) is 25.4 Å². The summed E-state index contributed by atoms with van der Waals surface area (Å²) < 4.78 is 0. The molecular formula is C9H12ClNS. The van der Waals surface area contributed by atoms with E-state index < -0.39 is 0 Å². The van der Waals surface area contributed by atoms with E-state index in [-0.39, 0.29) is 0 Å². The van der Waals surface area contributed by atoms with Gasteiger partial charge in [0.05, 0.1) is 9.88 Å². The minimum absolute atomic E-state index is 0.486. The second-order valence-corrected chi connectivity index (χ2v) is 4.28. The number of aromatic nitrogens is 1. The molecule has 0 unspecified atom stereocenters. The first-order chi connectivity index (χ1) is 5.65. The van der Waals surface area contributed by atoms with Gasteiger partial charge in [0.25, 0.3) is 0 Å². The summed E-state index contributed by atoms with van der Waals surface area (Å²) in [6.45, 7) is 8.12. The summed E-state index contributed by atoms with van der Waals surface area (Å²) in [5.41, 5.74) is 0.959. The Kier molecular flexibility index (Phi) is 3.29. The van der Waals surface area contributed by atoms with Crippen LogP contribution in [0.5, 0.6) is 0 Å². The molecule has 1 aromatic rings. The Morgan fingerprint density at radius 3 is 2.83 bits per heavy atom. The van der Waals surface area contributed by atoms with Gasteiger partial charge in [-0.1, -0.05) is 20.4 Å². The lowest BCUT2D eigenvalue weighted by atomic mass is 10.2. The van der Waals surface area contributed by atoms with E-state index in [0.717, 1.165) is 15.5 Å². The van der Waals surface area contributed by atoms with Crippen LogP contribution in [0.4, 0.5) is 0 Å². The smallest absolute Gasteiger partial charge is 0.0956 e. The molecule has 0 aliphatic heterocycles. The molecule has 0 spiro atoms. The highest BCUT2D eigenvalue weighted by atomic mass is 35.5. The van der Waals surface area contributed by atoms with Crippen molar-refractivity contribution in [2.24, 2.45) is 0 Å². The van der Waals surface area contributed by atoms with Crippen molar-refractivity contribution in [2.45, 2.75) is 19.8 Å². The maximum absolute atomic E-state index is 5.65. The van der Waals surface area contributed by atoms with Crippen molar-refractivity contribution >= 4 is 28.5 Å². The zero-order valence-corrected chi connectivity index (χ0v) is 8.87. The lowest BCUT2D eigenvalue weighted by molar-refractivity contribution is 0.852. The van der Waals surface area contributed by atoms with E-state index in [1.54, 1.807) is 11.3 Å². The van der Waals surface area contributed by atoms with Crippen LogP contribution in [0, 0.1) is 0 Å². The zero-order chi connectivity index (χ0) is 9.14. The number of allylic oxidation sites excluding steroid dienone is 1. The normalized spacial score (nSPS) is 10.7. The lowest BCUT2D eigenvalue weighted by Crippen LogP contribution is -1.81. The van der Waals surface area contributed by atoms with E-state index in [1.165, 1.54) is 0 Å². The molecule has 12 heavy (non-hydrogen) atoms. The molecule has 0 saturated heterocycles. The second-order valence-electron chi connectivity index (χ2n) is 2.95. The van der Waals surface area contributed by atoms with Crippen molar-refractivity contribution in [3.63, 3.8) is 0 Å². The van der Waals surface area contributed by atoms with E-state index in [4.69, 9.17) is 11.6 Å². The molecule has 1 rings (SSSR count). The molecule has 66 valence electrons. The van der Waals surface area contributed by atoms with Gasteiger partial charge in [0.1, 0.15) is 0 Å². The Morgan fingerprint density at radius 1 is 1.75 bits per heavy atom. The average Bonchev–Trinajstić information content (AvgIpc) is 2.51. The number of nitrogens with zero attached hydrogens (tertiary/aromatic N) is 1. The number of thiazole rings is 1. The molecule has 1 heterocycles. The predicted octanol–water partition coefficient (Wildman–Crippen LogP) is 3.52. The quantitative estimate of drug-likeness (QED) is 0.682. The fourth-order valence-corrected chi connectivity index (χ4v) is 1.90. The predicted molar refractivity (Wildman–Crippen MR) is 56.0 cm³/mol. The molecular weight excluding hydrogens is 190 g/mol. The molecule has 1 aromatic heterocycles. The molecule has 3 heteroatoms. The standard InChI is InChI=1S/C9H12ClNS/c1-6(2)9-11-5-8(12-9)7(3)4-10/h5-6H,3-4H2,1-2H3. The van der Waals surface area contributed by atoms with Gasteiger partial charge in [0, 0.05) is 18.0 Å². The fraction of sp³-hybridized carbons (Fsp3) is 0.444. The van der Waals surface area contributed by atoms with Crippen LogP contribution >= 0.6 is 22.9 Å². The molecule has 0 aliphatic carbocycles. The van der Waals surface area contributed by atoms with Crippen molar-refractivity contribution in [3.8, 4) is 0 Å². The largest absolute Gasteiger partial charge is 0.249 e. The minimum Gasteiger partial charge on any atom is -0.249 e. The third-order valence-electron chi connectivity index (χ3n) is 1.53. The van der Waals surface area contributed by atoms with E-state index in [1.807, 2.05) is 6.20 Å². The molecule has 0 saturated carbocycles. The third-order valence-corrected chi connectivity index (χ3v) is 3.25. The van der Waals surface area contributed by atoms with Gasteiger partial charge in [-0.3, -0.25) is 0 Å². The van der Waals surface area contributed by atoms with E-state index in [9.17, 15) is 0 Å². The summed E-state index contributed by atoms with van der Waals surface area (Å²) in [6.07, 6.45) is 1.85. The van der Waals surface area contributed by atoms with E-state index in [0.29, 0.717) is 11.8 Å². The molecule has 0 N–H and O–H groups in total. The summed E-state index contributed by atoms with van der Waals surface area (Å²) in [4.78, 5) is 5.39. The summed E-state index contributed by atoms with van der Waals surface area (Å²) in [5, 5.41) is 1.15. The molecule has 1 nitrogen and oxygen atoms in total. The maximum Gasteiger partial charge on any atom is 0.0956 e. The average molecular weight is 202 g/mol. The van der Waals surface area contributed by atoms with Crippen molar-refractivity contribution < 1.29 is 0 Å². The van der Waals surface area contributed by atoms with Gasteiger partial charge in [-0.2, -0.15) is 0 Å². The summed E-state index contributed by atoms with van der Waals surface area (Å²) in [6, 6.07) is 0. The van der Waals surface area contributed by atoms with Gasteiger partial charge >= 0.3 is 0 Å². The fourth-order valence-electron chi connectivity index (χ4n) is 0.784. The second kappa shape index (κ2) is 4.06. The summed E-state index contributed by atoms with van der Waals surface area (Å²) in [5.74, 6) is 0.978. The molecule has 0 aromatic carbocycles. The summed E-state index contributed by atoms with van der Waals surface area (Å²) in [7, 11) is 0. The molecule has 0 fully saturated rings. The summed E-state index contributed by atoms with van der Waals surface area (Å²) >= 11 is 7.33. The van der Waals surface area contributed by atoms with Gasteiger partial charge < -0.3 is 0 Å². The first-order valence-electron chi connectivity index (χ1n) is 3.85.